The van der Waals surface area contributed by atoms with Crippen LogP contribution in [0.4, 0.5) is 10.5 Å². The summed E-state index contributed by atoms with van der Waals surface area (Å²) in [6.45, 7) is 1.97. The Labute approximate surface area is 115 Å². The zero-order valence-corrected chi connectivity index (χ0v) is 11.5. The minimum atomic E-state index is -0.356. The smallest absolute Gasteiger partial charge is 0.307 e. The van der Waals surface area contributed by atoms with Gasteiger partial charge in [0, 0.05) is 0 Å². The van der Waals surface area contributed by atoms with E-state index in [0.717, 1.165) is 23.0 Å². The van der Waals surface area contributed by atoms with Gasteiger partial charge in [0.15, 0.2) is 0 Å². The van der Waals surface area contributed by atoms with Crippen LogP contribution in [0.3, 0.4) is 0 Å². The Morgan fingerprint density at radius 3 is 3.00 bits per heavy atom. The van der Waals surface area contributed by atoms with Crippen LogP contribution in [0, 0.1) is 6.92 Å². The molecule has 6 heteroatoms. The van der Waals surface area contributed by atoms with E-state index in [4.69, 9.17) is 0 Å². The summed E-state index contributed by atoms with van der Waals surface area (Å²) in [5.41, 5.74) is 1.84. The lowest BCUT2D eigenvalue weighted by Crippen LogP contribution is -2.26. The number of esters is 1. The number of ether oxygens (including phenoxy) is 1. The summed E-state index contributed by atoms with van der Waals surface area (Å²) < 4.78 is 4.62. The Balaban J connectivity index is 2.20. The highest BCUT2D eigenvalue weighted by molar-refractivity contribution is 8.15. The highest BCUT2D eigenvalue weighted by atomic mass is 32.2. The highest BCUT2D eigenvalue weighted by Crippen LogP contribution is 2.25. The molecule has 1 N–H and O–H groups in total. The molecule has 1 amide bonds. The molecule has 0 unspecified atom stereocenters. The van der Waals surface area contributed by atoms with E-state index in [1.54, 1.807) is 0 Å². The summed E-state index contributed by atoms with van der Waals surface area (Å²) in [6.07, 6.45) is 0.130. The molecule has 2 rings (SSSR count). The van der Waals surface area contributed by atoms with Crippen molar-refractivity contribution in [2.45, 2.75) is 18.6 Å². The maximum atomic E-state index is 11.4. The van der Waals surface area contributed by atoms with Crippen LogP contribution in [0.15, 0.2) is 29.3 Å². The largest absolute Gasteiger partial charge is 0.469 e. The molecule has 0 saturated carbocycles. The third-order valence-corrected chi connectivity index (χ3v) is 3.61. The summed E-state index contributed by atoms with van der Waals surface area (Å²) in [7, 11) is 1.33. The van der Waals surface area contributed by atoms with Crippen molar-refractivity contribution in [2.24, 2.45) is 4.99 Å². The molecule has 100 valence electrons. The first-order chi connectivity index (χ1) is 9.08. The lowest BCUT2D eigenvalue weighted by atomic mass is 10.2. The SMILES string of the molecule is COC(=O)C[C@H]1SC(=O)NC1=Nc1cccc(C)c1. The molecule has 1 saturated heterocycles. The van der Waals surface area contributed by atoms with Crippen molar-refractivity contribution in [3.05, 3.63) is 29.8 Å². The Hall–Kier alpha value is -1.82. The van der Waals surface area contributed by atoms with Crippen LogP contribution < -0.4 is 5.32 Å². The Bertz CT molecular complexity index is 542. The fraction of sp³-hybridized carbons (Fsp3) is 0.308. The van der Waals surface area contributed by atoms with Crippen molar-refractivity contribution in [3.63, 3.8) is 0 Å². The van der Waals surface area contributed by atoms with Crippen molar-refractivity contribution >= 4 is 34.5 Å². The van der Waals surface area contributed by atoms with E-state index in [-0.39, 0.29) is 22.9 Å². The molecule has 1 aromatic carbocycles. The second-order valence-corrected chi connectivity index (χ2v) is 5.31. The van der Waals surface area contributed by atoms with Gasteiger partial charge in [0.25, 0.3) is 5.24 Å². The summed E-state index contributed by atoms with van der Waals surface area (Å²) in [6, 6.07) is 7.63. The van der Waals surface area contributed by atoms with Gasteiger partial charge in [-0.05, 0) is 24.6 Å². The third-order valence-electron chi connectivity index (χ3n) is 2.62. The molecular weight excluding hydrogens is 264 g/mol. The van der Waals surface area contributed by atoms with Gasteiger partial charge in [-0.3, -0.25) is 9.59 Å². The maximum absolute atomic E-state index is 11.4. The fourth-order valence-corrected chi connectivity index (χ4v) is 2.57. The fourth-order valence-electron chi connectivity index (χ4n) is 1.71. The number of nitrogens with one attached hydrogen (secondary N) is 1. The Morgan fingerprint density at radius 1 is 1.53 bits per heavy atom. The van der Waals surface area contributed by atoms with Gasteiger partial charge < -0.3 is 10.1 Å². The molecule has 1 aliphatic heterocycles. The van der Waals surface area contributed by atoms with Crippen LogP contribution >= 0.6 is 11.8 Å². The normalized spacial score (nSPS) is 20.4. The number of aryl methyl sites for hydroxylation is 1. The van der Waals surface area contributed by atoms with Crippen molar-refractivity contribution < 1.29 is 14.3 Å². The van der Waals surface area contributed by atoms with Gasteiger partial charge in [-0.2, -0.15) is 0 Å². The molecule has 0 aromatic heterocycles. The van der Waals surface area contributed by atoms with E-state index in [2.05, 4.69) is 15.0 Å². The number of amides is 1. The number of aliphatic imine (C=N–C) groups is 1. The minimum absolute atomic E-state index is 0.130. The minimum Gasteiger partial charge on any atom is -0.469 e. The number of rotatable bonds is 3. The second-order valence-electron chi connectivity index (χ2n) is 4.14. The summed E-state index contributed by atoms with van der Waals surface area (Å²) >= 11 is 1.06. The molecule has 1 aliphatic rings. The first-order valence-electron chi connectivity index (χ1n) is 5.78. The Morgan fingerprint density at radius 2 is 2.32 bits per heavy atom. The van der Waals surface area contributed by atoms with E-state index < -0.39 is 0 Å². The van der Waals surface area contributed by atoms with Gasteiger partial charge in [0.05, 0.1) is 24.5 Å². The van der Waals surface area contributed by atoms with Crippen LogP contribution in [0.5, 0.6) is 0 Å². The molecule has 0 spiro atoms. The van der Waals surface area contributed by atoms with E-state index in [0.29, 0.717) is 5.84 Å². The van der Waals surface area contributed by atoms with E-state index in [1.165, 1.54) is 7.11 Å². The zero-order chi connectivity index (χ0) is 13.8. The van der Waals surface area contributed by atoms with Crippen molar-refractivity contribution in [2.75, 3.05) is 7.11 Å². The molecule has 1 atom stereocenters. The van der Waals surface area contributed by atoms with Crippen LogP contribution in [0.25, 0.3) is 0 Å². The number of nitrogens with zero attached hydrogens (tertiary/aromatic N) is 1. The second kappa shape index (κ2) is 5.88. The summed E-state index contributed by atoms with van der Waals surface area (Å²) in [5.74, 6) is 0.150. The highest BCUT2D eigenvalue weighted by Gasteiger charge is 2.31. The average molecular weight is 278 g/mol. The van der Waals surface area contributed by atoms with E-state index in [1.807, 2.05) is 31.2 Å². The molecule has 1 aromatic rings. The van der Waals surface area contributed by atoms with E-state index >= 15 is 0 Å². The first kappa shape index (κ1) is 13.6. The van der Waals surface area contributed by atoms with Crippen molar-refractivity contribution in [3.8, 4) is 0 Å². The maximum Gasteiger partial charge on any atom is 0.307 e. The lowest BCUT2D eigenvalue weighted by molar-refractivity contribution is -0.140. The van der Waals surface area contributed by atoms with Crippen molar-refractivity contribution in [1.29, 1.82) is 0 Å². The molecule has 5 nitrogen and oxygen atoms in total. The van der Waals surface area contributed by atoms with Crippen LogP contribution in [-0.2, 0) is 9.53 Å². The number of methoxy groups -OCH3 is 1. The number of carbonyl (C=O) groups is 2. The van der Waals surface area contributed by atoms with Crippen LogP contribution in [0.1, 0.15) is 12.0 Å². The first-order valence-corrected chi connectivity index (χ1v) is 6.66. The number of carbonyl (C=O) groups excluding carboxylic acids is 2. The summed E-state index contributed by atoms with van der Waals surface area (Å²) in [5, 5.41) is 2.17. The average Bonchev–Trinajstić information content (AvgIpc) is 2.69. The molecule has 0 radical (unpaired) electrons. The molecule has 19 heavy (non-hydrogen) atoms. The molecule has 1 fully saturated rings. The topological polar surface area (TPSA) is 67.8 Å². The molecule has 0 aliphatic carbocycles. The van der Waals surface area contributed by atoms with Crippen molar-refractivity contribution in [1.82, 2.24) is 5.32 Å². The van der Waals surface area contributed by atoms with Gasteiger partial charge in [-0.15, -0.1) is 0 Å². The number of hydrogen-bond acceptors (Lipinski definition) is 5. The molecule has 0 bridgehead atoms. The number of hydrogen-bond donors (Lipinski definition) is 1. The summed E-state index contributed by atoms with van der Waals surface area (Å²) in [4.78, 5) is 27.1. The van der Waals surface area contributed by atoms with Gasteiger partial charge in [-0.25, -0.2) is 4.99 Å². The number of thioether (sulfide) groups is 1. The Kier molecular flexibility index (Phi) is 4.21. The zero-order valence-electron chi connectivity index (χ0n) is 10.7. The number of benzene rings is 1. The quantitative estimate of drug-likeness (QED) is 0.862. The third kappa shape index (κ3) is 3.57. The molecule has 1 heterocycles. The van der Waals surface area contributed by atoms with E-state index in [9.17, 15) is 9.59 Å². The molecular formula is C13H14N2O3S. The predicted octanol–water partition coefficient (Wildman–Crippen LogP) is 2.41. The predicted molar refractivity (Wildman–Crippen MR) is 74.8 cm³/mol. The lowest BCUT2D eigenvalue weighted by Gasteiger charge is -2.07. The number of amidine groups is 1. The van der Waals surface area contributed by atoms with Gasteiger partial charge >= 0.3 is 5.97 Å². The standard InChI is InChI=1S/C13H14N2O3S/c1-8-4-3-5-9(6-8)14-12-10(7-11(16)18-2)19-13(17)15-12/h3-6,10H,7H2,1-2H3,(H,14,15,17)/t10-/m1/s1. The van der Waals surface area contributed by atoms with Gasteiger partial charge in [-0.1, -0.05) is 23.9 Å². The van der Waals surface area contributed by atoms with Gasteiger partial charge in [0.2, 0.25) is 0 Å². The van der Waals surface area contributed by atoms with Crippen LogP contribution in [-0.4, -0.2) is 29.4 Å². The van der Waals surface area contributed by atoms with Crippen LogP contribution in [0.2, 0.25) is 0 Å². The monoisotopic (exact) mass is 278 g/mol. The van der Waals surface area contributed by atoms with Gasteiger partial charge in [0.1, 0.15) is 5.84 Å².